The van der Waals surface area contributed by atoms with Crippen LogP contribution in [-0.4, -0.2) is 19.0 Å². The number of anilines is 1. The van der Waals surface area contributed by atoms with Crippen molar-refractivity contribution in [3.05, 3.63) is 29.3 Å². The van der Waals surface area contributed by atoms with E-state index in [0.717, 1.165) is 17.7 Å². The van der Waals surface area contributed by atoms with Gasteiger partial charge >= 0.3 is 0 Å². The van der Waals surface area contributed by atoms with Gasteiger partial charge in [0.15, 0.2) is 0 Å². The average molecular weight is 219 g/mol. The molecule has 0 atom stereocenters. The van der Waals surface area contributed by atoms with E-state index in [4.69, 9.17) is 11.5 Å². The molecule has 1 aliphatic heterocycles. The molecule has 0 aliphatic carbocycles. The normalized spacial score (nSPS) is 15.1. The van der Waals surface area contributed by atoms with Crippen LogP contribution >= 0.6 is 0 Å². The summed E-state index contributed by atoms with van der Waals surface area (Å²) in [7, 11) is 0. The molecular weight excluding hydrogens is 202 g/mol. The summed E-state index contributed by atoms with van der Waals surface area (Å²) in [4.78, 5) is 13.5. The third kappa shape index (κ3) is 1.94. The first-order chi connectivity index (χ1) is 7.76. The van der Waals surface area contributed by atoms with Crippen LogP contribution in [0.2, 0.25) is 0 Å². The molecule has 1 heterocycles. The lowest BCUT2D eigenvalue weighted by atomic mass is 9.98. The van der Waals surface area contributed by atoms with Crippen molar-refractivity contribution in [1.82, 2.24) is 0 Å². The fourth-order valence-electron chi connectivity index (χ4n) is 2.11. The molecule has 0 saturated heterocycles. The van der Waals surface area contributed by atoms with Gasteiger partial charge in [-0.1, -0.05) is 12.1 Å². The quantitative estimate of drug-likeness (QED) is 0.772. The molecule has 86 valence electrons. The van der Waals surface area contributed by atoms with Crippen molar-refractivity contribution in [3.8, 4) is 0 Å². The number of rotatable bonds is 3. The molecule has 0 fully saturated rings. The van der Waals surface area contributed by atoms with E-state index in [9.17, 15) is 4.79 Å². The maximum atomic E-state index is 11.7. The van der Waals surface area contributed by atoms with Crippen molar-refractivity contribution in [2.24, 2.45) is 11.5 Å². The molecule has 0 radical (unpaired) electrons. The number of carbonyl (C=O) groups is 1. The molecule has 0 saturated carbocycles. The summed E-state index contributed by atoms with van der Waals surface area (Å²) >= 11 is 0. The van der Waals surface area contributed by atoms with Crippen LogP contribution in [0.3, 0.4) is 0 Å². The van der Waals surface area contributed by atoms with Crippen molar-refractivity contribution < 1.29 is 4.79 Å². The third-order valence-electron chi connectivity index (χ3n) is 2.93. The first-order valence-electron chi connectivity index (χ1n) is 5.58. The van der Waals surface area contributed by atoms with Gasteiger partial charge < -0.3 is 16.4 Å². The van der Waals surface area contributed by atoms with E-state index >= 15 is 0 Å². The Morgan fingerprint density at radius 2 is 2.06 bits per heavy atom. The van der Waals surface area contributed by atoms with Gasteiger partial charge in [-0.2, -0.15) is 0 Å². The summed E-state index contributed by atoms with van der Waals surface area (Å²) in [6.07, 6.45) is 1.38. The lowest BCUT2D eigenvalue weighted by Gasteiger charge is -2.29. The van der Waals surface area contributed by atoms with Crippen molar-refractivity contribution in [2.75, 3.05) is 18.0 Å². The second kappa shape index (κ2) is 4.63. The predicted octanol–water partition coefficient (Wildman–Crippen LogP) is 0.383. The Balaban J connectivity index is 2.36. The average Bonchev–Trinajstić information content (AvgIpc) is 2.32. The summed E-state index contributed by atoms with van der Waals surface area (Å²) in [5.74, 6) is 0.165. The minimum absolute atomic E-state index is 0.165. The van der Waals surface area contributed by atoms with Gasteiger partial charge in [0.2, 0.25) is 5.91 Å². The lowest BCUT2D eigenvalue weighted by molar-refractivity contribution is -0.118. The Labute approximate surface area is 95.2 Å². The highest BCUT2D eigenvalue weighted by Crippen LogP contribution is 2.28. The molecule has 4 heteroatoms. The smallest absolute Gasteiger partial charge is 0.227 e. The highest BCUT2D eigenvalue weighted by atomic mass is 16.2. The first kappa shape index (κ1) is 11.1. The molecule has 0 spiro atoms. The minimum Gasteiger partial charge on any atom is -0.329 e. The zero-order valence-corrected chi connectivity index (χ0v) is 9.28. The Morgan fingerprint density at radius 3 is 2.75 bits per heavy atom. The molecule has 4 N–H and O–H groups in total. The number of amides is 1. The van der Waals surface area contributed by atoms with E-state index in [1.807, 2.05) is 12.1 Å². The van der Waals surface area contributed by atoms with E-state index in [0.29, 0.717) is 26.1 Å². The molecule has 1 aromatic rings. The van der Waals surface area contributed by atoms with Crippen LogP contribution in [-0.2, 0) is 17.8 Å². The number of aryl methyl sites for hydroxylation is 1. The number of nitrogens with zero attached hydrogens (tertiary/aromatic N) is 1. The molecule has 2 rings (SSSR count). The lowest BCUT2D eigenvalue weighted by Crippen LogP contribution is -2.38. The topological polar surface area (TPSA) is 72.3 Å². The van der Waals surface area contributed by atoms with Gasteiger partial charge in [0, 0.05) is 31.7 Å². The predicted molar refractivity (Wildman–Crippen MR) is 64.1 cm³/mol. The molecule has 1 aromatic carbocycles. The Kier molecular flexibility index (Phi) is 3.22. The SMILES string of the molecule is NCCN1C(=O)CCc2cc(CN)ccc21. The van der Waals surface area contributed by atoms with E-state index in [-0.39, 0.29) is 5.91 Å². The van der Waals surface area contributed by atoms with Crippen LogP contribution in [0.1, 0.15) is 17.5 Å². The van der Waals surface area contributed by atoms with Crippen LogP contribution in [0.15, 0.2) is 18.2 Å². The summed E-state index contributed by atoms with van der Waals surface area (Å²) < 4.78 is 0. The second-order valence-electron chi connectivity index (χ2n) is 4.00. The zero-order chi connectivity index (χ0) is 11.5. The van der Waals surface area contributed by atoms with E-state index in [1.165, 1.54) is 5.56 Å². The number of nitrogens with two attached hydrogens (primary N) is 2. The summed E-state index contributed by atoms with van der Waals surface area (Å²) in [5, 5.41) is 0. The molecule has 0 unspecified atom stereocenters. The molecule has 16 heavy (non-hydrogen) atoms. The Morgan fingerprint density at radius 1 is 1.25 bits per heavy atom. The van der Waals surface area contributed by atoms with E-state index in [1.54, 1.807) is 4.90 Å². The van der Waals surface area contributed by atoms with Crippen molar-refractivity contribution >= 4 is 11.6 Å². The maximum Gasteiger partial charge on any atom is 0.227 e. The maximum absolute atomic E-state index is 11.7. The first-order valence-corrected chi connectivity index (χ1v) is 5.58. The van der Waals surface area contributed by atoms with Crippen LogP contribution in [0.4, 0.5) is 5.69 Å². The highest BCUT2D eigenvalue weighted by Gasteiger charge is 2.23. The third-order valence-corrected chi connectivity index (χ3v) is 2.93. The second-order valence-corrected chi connectivity index (χ2v) is 4.00. The number of benzene rings is 1. The molecule has 1 aliphatic rings. The van der Waals surface area contributed by atoms with Crippen LogP contribution in [0.5, 0.6) is 0 Å². The fourth-order valence-corrected chi connectivity index (χ4v) is 2.11. The fraction of sp³-hybridized carbons (Fsp3) is 0.417. The number of hydrogen-bond acceptors (Lipinski definition) is 3. The molecule has 0 aromatic heterocycles. The molecule has 1 amide bonds. The van der Waals surface area contributed by atoms with Gasteiger partial charge in [0.25, 0.3) is 0 Å². The van der Waals surface area contributed by atoms with Crippen molar-refractivity contribution in [1.29, 1.82) is 0 Å². The number of fused-ring (bicyclic) bond motifs is 1. The Hall–Kier alpha value is -1.39. The molecule has 0 bridgehead atoms. The minimum atomic E-state index is 0.165. The van der Waals surface area contributed by atoms with E-state index < -0.39 is 0 Å². The largest absolute Gasteiger partial charge is 0.329 e. The molecule has 4 nitrogen and oxygen atoms in total. The van der Waals surface area contributed by atoms with Crippen molar-refractivity contribution in [3.63, 3.8) is 0 Å². The molecular formula is C12H17N3O. The standard InChI is InChI=1S/C12H17N3O/c13-5-6-15-11-3-1-9(8-14)7-10(11)2-4-12(15)16/h1,3,7H,2,4-6,8,13-14H2. The van der Waals surface area contributed by atoms with Gasteiger partial charge in [-0.25, -0.2) is 0 Å². The highest BCUT2D eigenvalue weighted by molar-refractivity contribution is 5.96. The zero-order valence-electron chi connectivity index (χ0n) is 9.28. The summed E-state index contributed by atoms with van der Waals surface area (Å²) in [5.41, 5.74) is 14.4. The van der Waals surface area contributed by atoms with Gasteiger partial charge in [0.05, 0.1) is 0 Å². The van der Waals surface area contributed by atoms with Crippen LogP contribution in [0.25, 0.3) is 0 Å². The van der Waals surface area contributed by atoms with Gasteiger partial charge in [0.1, 0.15) is 0 Å². The van der Waals surface area contributed by atoms with Crippen LogP contribution in [0, 0.1) is 0 Å². The number of hydrogen-bond donors (Lipinski definition) is 2. The van der Waals surface area contributed by atoms with E-state index in [2.05, 4.69) is 6.07 Å². The van der Waals surface area contributed by atoms with Gasteiger partial charge in [-0.3, -0.25) is 4.79 Å². The summed E-state index contributed by atoms with van der Waals surface area (Å²) in [6, 6.07) is 6.04. The van der Waals surface area contributed by atoms with Crippen molar-refractivity contribution in [2.45, 2.75) is 19.4 Å². The Bertz CT molecular complexity index is 403. The monoisotopic (exact) mass is 219 g/mol. The van der Waals surface area contributed by atoms with Crippen LogP contribution < -0.4 is 16.4 Å². The summed E-state index contributed by atoms with van der Waals surface area (Å²) in [6.45, 7) is 1.62. The number of carbonyl (C=O) groups excluding carboxylic acids is 1. The van der Waals surface area contributed by atoms with Gasteiger partial charge in [-0.15, -0.1) is 0 Å². The van der Waals surface area contributed by atoms with Gasteiger partial charge in [-0.05, 0) is 23.6 Å².